The highest BCUT2D eigenvalue weighted by atomic mass is 19.1. The van der Waals surface area contributed by atoms with Gasteiger partial charge in [-0.25, -0.2) is 9.37 Å². The summed E-state index contributed by atoms with van der Waals surface area (Å²) in [6.07, 6.45) is 0.810. The van der Waals surface area contributed by atoms with Crippen molar-refractivity contribution >= 4 is 11.5 Å². The lowest BCUT2D eigenvalue weighted by Crippen LogP contribution is -2.22. The summed E-state index contributed by atoms with van der Waals surface area (Å²) in [4.78, 5) is 6.27. The minimum atomic E-state index is -0.217. The predicted octanol–water partition coefficient (Wildman–Crippen LogP) is 3.65. The molecule has 1 N–H and O–H groups in total. The monoisotopic (exact) mass is 312 g/mol. The van der Waals surface area contributed by atoms with Gasteiger partial charge in [-0.1, -0.05) is 12.1 Å². The second-order valence-corrected chi connectivity index (χ2v) is 5.57. The lowest BCUT2D eigenvalue weighted by molar-refractivity contribution is 0.621. The van der Waals surface area contributed by atoms with E-state index in [9.17, 15) is 9.65 Å². The van der Waals surface area contributed by atoms with Crippen molar-refractivity contribution in [1.82, 2.24) is 4.98 Å². The van der Waals surface area contributed by atoms with Crippen molar-refractivity contribution in [3.05, 3.63) is 53.0 Å². The number of benzene rings is 1. The SMILES string of the molecule is Cc1cc(C)c(C#N)c(NCCCN(C)c2ccccc2F)n1. The van der Waals surface area contributed by atoms with Gasteiger partial charge in [0.2, 0.25) is 0 Å². The van der Waals surface area contributed by atoms with Crippen molar-refractivity contribution in [3.8, 4) is 6.07 Å². The van der Waals surface area contributed by atoms with E-state index in [2.05, 4.69) is 16.4 Å². The number of rotatable bonds is 6. The fourth-order valence-electron chi connectivity index (χ4n) is 2.51. The Balaban J connectivity index is 1.91. The highest BCUT2D eigenvalue weighted by molar-refractivity contribution is 5.56. The van der Waals surface area contributed by atoms with Gasteiger partial charge in [0.15, 0.2) is 0 Å². The van der Waals surface area contributed by atoms with E-state index in [0.717, 1.165) is 17.7 Å². The van der Waals surface area contributed by atoms with Gasteiger partial charge in [-0.2, -0.15) is 5.26 Å². The van der Waals surface area contributed by atoms with E-state index in [1.807, 2.05) is 37.9 Å². The Morgan fingerprint density at radius 1 is 1.30 bits per heavy atom. The van der Waals surface area contributed by atoms with Gasteiger partial charge >= 0.3 is 0 Å². The first-order valence-electron chi connectivity index (χ1n) is 7.61. The summed E-state index contributed by atoms with van der Waals surface area (Å²) in [6.45, 7) is 5.19. The highest BCUT2D eigenvalue weighted by Gasteiger charge is 2.09. The summed E-state index contributed by atoms with van der Waals surface area (Å²) in [6, 6.07) is 10.8. The van der Waals surface area contributed by atoms with Crippen LogP contribution in [0.25, 0.3) is 0 Å². The van der Waals surface area contributed by atoms with Gasteiger partial charge in [0.25, 0.3) is 0 Å². The Morgan fingerprint density at radius 3 is 2.74 bits per heavy atom. The predicted molar refractivity (Wildman–Crippen MR) is 91.2 cm³/mol. The molecule has 0 bridgehead atoms. The summed E-state index contributed by atoms with van der Waals surface area (Å²) < 4.78 is 13.7. The summed E-state index contributed by atoms with van der Waals surface area (Å²) in [5, 5.41) is 12.4. The normalized spacial score (nSPS) is 10.2. The molecule has 23 heavy (non-hydrogen) atoms. The van der Waals surface area contributed by atoms with Gasteiger partial charge < -0.3 is 10.2 Å². The number of para-hydroxylation sites is 1. The summed E-state index contributed by atoms with van der Waals surface area (Å²) in [5.41, 5.74) is 2.98. The van der Waals surface area contributed by atoms with Gasteiger partial charge in [-0.05, 0) is 44.0 Å². The zero-order valence-electron chi connectivity index (χ0n) is 13.7. The van der Waals surface area contributed by atoms with Crippen LogP contribution in [0.5, 0.6) is 0 Å². The fourth-order valence-corrected chi connectivity index (χ4v) is 2.51. The number of nitriles is 1. The molecule has 0 aliphatic heterocycles. The van der Waals surface area contributed by atoms with E-state index in [1.54, 1.807) is 12.1 Å². The zero-order valence-corrected chi connectivity index (χ0v) is 13.7. The van der Waals surface area contributed by atoms with Crippen LogP contribution in [-0.4, -0.2) is 25.1 Å². The summed E-state index contributed by atoms with van der Waals surface area (Å²) >= 11 is 0. The molecule has 0 saturated heterocycles. The van der Waals surface area contributed by atoms with E-state index in [-0.39, 0.29) is 5.82 Å². The first-order chi connectivity index (χ1) is 11.0. The average molecular weight is 312 g/mol. The van der Waals surface area contributed by atoms with E-state index >= 15 is 0 Å². The second-order valence-electron chi connectivity index (χ2n) is 5.57. The molecule has 0 unspecified atom stereocenters. The molecule has 1 aromatic carbocycles. The Hall–Kier alpha value is -2.61. The number of hydrogen-bond donors (Lipinski definition) is 1. The third kappa shape index (κ3) is 4.19. The van der Waals surface area contributed by atoms with Crippen molar-refractivity contribution in [2.45, 2.75) is 20.3 Å². The van der Waals surface area contributed by atoms with Gasteiger partial charge in [-0.15, -0.1) is 0 Å². The van der Waals surface area contributed by atoms with Crippen LogP contribution in [0.2, 0.25) is 0 Å². The maximum absolute atomic E-state index is 13.7. The van der Waals surface area contributed by atoms with E-state index in [1.165, 1.54) is 6.07 Å². The average Bonchev–Trinajstić information content (AvgIpc) is 2.51. The number of nitrogens with zero attached hydrogens (tertiary/aromatic N) is 3. The van der Waals surface area contributed by atoms with Crippen LogP contribution in [0.3, 0.4) is 0 Å². The Kier molecular flexibility index (Phi) is 5.53. The molecule has 2 aromatic rings. The van der Waals surface area contributed by atoms with Gasteiger partial charge in [0, 0.05) is 25.8 Å². The molecule has 0 atom stereocenters. The molecule has 0 aliphatic carbocycles. The standard InChI is InChI=1S/C18H21FN4/c1-13-11-14(2)22-18(15(13)12-20)21-9-6-10-23(3)17-8-5-4-7-16(17)19/h4-5,7-8,11H,6,9-10H2,1-3H3,(H,21,22). The molecule has 0 radical (unpaired) electrons. The molecule has 120 valence electrons. The molecule has 5 heteroatoms. The number of aryl methyl sites for hydroxylation is 2. The van der Waals surface area contributed by atoms with E-state index < -0.39 is 0 Å². The van der Waals surface area contributed by atoms with Crippen molar-refractivity contribution in [2.75, 3.05) is 30.4 Å². The van der Waals surface area contributed by atoms with Crippen LogP contribution >= 0.6 is 0 Å². The van der Waals surface area contributed by atoms with Gasteiger partial charge in [0.1, 0.15) is 17.7 Å². The number of hydrogen-bond acceptors (Lipinski definition) is 4. The largest absolute Gasteiger partial charge is 0.372 e. The molecule has 0 amide bonds. The number of pyridine rings is 1. The summed E-state index contributed by atoms with van der Waals surface area (Å²) in [5.74, 6) is 0.407. The minimum absolute atomic E-state index is 0.217. The summed E-state index contributed by atoms with van der Waals surface area (Å²) in [7, 11) is 1.87. The van der Waals surface area contributed by atoms with Crippen LogP contribution in [-0.2, 0) is 0 Å². The van der Waals surface area contributed by atoms with Crippen LogP contribution in [0.1, 0.15) is 23.2 Å². The van der Waals surface area contributed by atoms with E-state index in [0.29, 0.717) is 30.2 Å². The van der Waals surface area contributed by atoms with E-state index in [4.69, 9.17) is 0 Å². The Bertz CT molecular complexity index is 721. The Labute approximate surface area is 136 Å². The minimum Gasteiger partial charge on any atom is -0.372 e. The second kappa shape index (κ2) is 7.59. The number of anilines is 2. The van der Waals surface area contributed by atoms with Crippen molar-refractivity contribution in [1.29, 1.82) is 5.26 Å². The van der Waals surface area contributed by atoms with Gasteiger partial charge in [-0.3, -0.25) is 0 Å². The number of halogens is 1. The fraction of sp³-hybridized carbons (Fsp3) is 0.333. The third-order valence-corrected chi connectivity index (χ3v) is 3.68. The van der Waals surface area contributed by atoms with Crippen molar-refractivity contribution < 1.29 is 4.39 Å². The van der Waals surface area contributed by atoms with Crippen LogP contribution < -0.4 is 10.2 Å². The molecule has 1 aromatic heterocycles. The molecule has 0 spiro atoms. The quantitative estimate of drug-likeness (QED) is 0.827. The van der Waals surface area contributed by atoms with Crippen molar-refractivity contribution in [2.24, 2.45) is 0 Å². The molecular weight excluding hydrogens is 291 g/mol. The molecule has 0 aliphatic rings. The van der Waals surface area contributed by atoms with Crippen LogP contribution in [0.4, 0.5) is 15.9 Å². The smallest absolute Gasteiger partial charge is 0.146 e. The molecule has 1 heterocycles. The molecular formula is C18H21FN4. The Morgan fingerprint density at radius 2 is 2.04 bits per heavy atom. The first-order valence-corrected chi connectivity index (χ1v) is 7.61. The van der Waals surface area contributed by atoms with Crippen LogP contribution in [0.15, 0.2) is 30.3 Å². The lowest BCUT2D eigenvalue weighted by Gasteiger charge is -2.20. The zero-order chi connectivity index (χ0) is 16.8. The molecule has 2 rings (SSSR count). The van der Waals surface area contributed by atoms with Gasteiger partial charge in [0.05, 0.1) is 11.3 Å². The molecule has 4 nitrogen and oxygen atoms in total. The number of aromatic nitrogens is 1. The molecule has 0 saturated carbocycles. The maximum atomic E-state index is 13.7. The maximum Gasteiger partial charge on any atom is 0.146 e. The topological polar surface area (TPSA) is 52.0 Å². The first kappa shape index (κ1) is 16.8. The number of nitrogens with one attached hydrogen (secondary N) is 1. The highest BCUT2D eigenvalue weighted by Crippen LogP contribution is 2.19. The lowest BCUT2D eigenvalue weighted by atomic mass is 10.1. The third-order valence-electron chi connectivity index (χ3n) is 3.68. The molecule has 0 fully saturated rings. The van der Waals surface area contributed by atoms with Crippen LogP contribution in [0, 0.1) is 31.0 Å². The van der Waals surface area contributed by atoms with Crippen molar-refractivity contribution in [3.63, 3.8) is 0 Å².